The summed E-state index contributed by atoms with van der Waals surface area (Å²) < 4.78 is 3.29. The number of carboxylic acid groups (broad SMARTS) is 1. The number of fused-ring (bicyclic) bond motifs is 1. The number of nitrogens with zero attached hydrogens (tertiary/aromatic N) is 4. The molecule has 2 aromatic carbocycles. The lowest BCUT2D eigenvalue weighted by Crippen LogP contribution is -2.23. The Balaban J connectivity index is 1.76. The third-order valence-electron chi connectivity index (χ3n) is 4.10. The van der Waals surface area contributed by atoms with E-state index < -0.39 is 17.1 Å². The second kappa shape index (κ2) is 6.29. The first-order chi connectivity index (χ1) is 12.6. The molecule has 0 unspecified atom stereocenters. The molecule has 0 fully saturated rings. The Morgan fingerprint density at radius 3 is 2.50 bits per heavy atom. The fraction of sp³-hybridized carbons (Fsp3) is 0.0526. The Hall–Kier alpha value is -3.74. The van der Waals surface area contributed by atoms with Crippen LogP contribution in [0.4, 0.5) is 0 Å². The predicted molar refractivity (Wildman–Crippen MR) is 95.6 cm³/mol. The third kappa shape index (κ3) is 2.75. The molecule has 7 nitrogen and oxygen atoms in total. The molecule has 0 saturated heterocycles. The number of carbonyl (C=O) groups is 1. The van der Waals surface area contributed by atoms with E-state index in [1.165, 1.54) is 0 Å². The van der Waals surface area contributed by atoms with Gasteiger partial charge in [0.05, 0.1) is 17.7 Å². The molecular weight excluding hydrogens is 332 g/mol. The highest BCUT2D eigenvalue weighted by Gasteiger charge is 2.16. The maximum atomic E-state index is 12.3. The van der Waals surface area contributed by atoms with Crippen molar-refractivity contribution in [3.63, 3.8) is 0 Å². The molecular formula is C19H14N4O3. The minimum Gasteiger partial charge on any atom is -0.476 e. The minimum absolute atomic E-state index is 0.341. The van der Waals surface area contributed by atoms with Crippen molar-refractivity contribution in [2.45, 2.75) is 6.54 Å². The summed E-state index contributed by atoms with van der Waals surface area (Å²) in [5.74, 6) is -1.33. The van der Waals surface area contributed by atoms with Gasteiger partial charge < -0.3 is 5.11 Å². The molecule has 0 aliphatic heterocycles. The van der Waals surface area contributed by atoms with Gasteiger partial charge in [-0.15, -0.1) is 0 Å². The molecule has 0 atom stereocenters. The lowest BCUT2D eigenvalue weighted by atomic mass is 10.1. The van der Waals surface area contributed by atoms with Crippen LogP contribution >= 0.6 is 0 Å². The molecule has 2 heterocycles. The van der Waals surface area contributed by atoms with E-state index in [2.05, 4.69) is 10.2 Å². The fourth-order valence-electron chi connectivity index (χ4n) is 2.85. The molecule has 4 rings (SSSR count). The summed E-state index contributed by atoms with van der Waals surface area (Å²) >= 11 is 0. The lowest BCUT2D eigenvalue weighted by molar-refractivity contribution is 0.0686. The van der Waals surface area contributed by atoms with Gasteiger partial charge in [-0.3, -0.25) is 9.48 Å². The SMILES string of the molecule is O=C(O)c1nn(Cc2ccc(-n3cccn3)cc2)c2ccccc2c1=O. The first kappa shape index (κ1) is 15.8. The topological polar surface area (TPSA) is 90.0 Å². The zero-order valence-corrected chi connectivity index (χ0v) is 13.6. The molecule has 0 radical (unpaired) electrons. The summed E-state index contributed by atoms with van der Waals surface area (Å²) in [6, 6.07) is 16.4. The summed E-state index contributed by atoms with van der Waals surface area (Å²) in [4.78, 5) is 23.6. The van der Waals surface area contributed by atoms with Gasteiger partial charge in [-0.2, -0.15) is 10.2 Å². The molecule has 2 aromatic heterocycles. The van der Waals surface area contributed by atoms with Crippen molar-refractivity contribution in [1.29, 1.82) is 0 Å². The van der Waals surface area contributed by atoms with Crippen molar-refractivity contribution in [3.8, 4) is 5.69 Å². The quantitative estimate of drug-likeness (QED) is 0.612. The van der Waals surface area contributed by atoms with Crippen molar-refractivity contribution in [2.24, 2.45) is 0 Å². The standard InChI is InChI=1S/C19H14N4O3/c24-18-15-4-1-2-5-16(15)23(21-17(18)19(25)26)12-13-6-8-14(9-7-13)22-11-3-10-20-22/h1-11H,12H2,(H,25,26). The van der Waals surface area contributed by atoms with Crippen molar-refractivity contribution >= 4 is 16.9 Å². The largest absolute Gasteiger partial charge is 0.476 e. The summed E-state index contributed by atoms with van der Waals surface area (Å²) in [6.07, 6.45) is 3.56. The zero-order chi connectivity index (χ0) is 18.1. The fourth-order valence-corrected chi connectivity index (χ4v) is 2.85. The maximum absolute atomic E-state index is 12.3. The van der Waals surface area contributed by atoms with Gasteiger partial charge in [0, 0.05) is 17.8 Å². The molecule has 4 aromatic rings. The number of aromatic carboxylic acids is 1. The summed E-state index contributed by atoms with van der Waals surface area (Å²) in [6.45, 7) is 0.348. The van der Waals surface area contributed by atoms with Crippen LogP contribution in [0.3, 0.4) is 0 Å². The lowest BCUT2D eigenvalue weighted by Gasteiger charge is -2.11. The molecule has 7 heteroatoms. The average Bonchev–Trinajstić information content (AvgIpc) is 3.19. The Morgan fingerprint density at radius 1 is 1.04 bits per heavy atom. The number of carboxylic acids is 1. The number of para-hydroxylation sites is 1. The normalized spacial score (nSPS) is 10.9. The number of hydrogen-bond acceptors (Lipinski definition) is 4. The van der Waals surface area contributed by atoms with E-state index in [1.54, 1.807) is 39.8 Å². The van der Waals surface area contributed by atoms with Crippen molar-refractivity contribution in [2.75, 3.05) is 0 Å². The van der Waals surface area contributed by atoms with E-state index in [0.29, 0.717) is 17.4 Å². The van der Waals surface area contributed by atoms with Gasteiger partial charge in [-0.05, 0) is 35.9 Å². The van der Waals surface area contributed by atoms with E-state index in [9.17, 15) is 14.7 Å². The maximum Gasteiger partial charge on any atom is 0.360 e. The van der Waals surface area contributed by atoms with Gasteiger partial charge >= 0.3 is 5.97 Å². The van der Waals surface area contributed by atoms with Crippen LogP contribution in [0.25, 0.3) is 16.6 Å². The van der Waals surface area contributed by atoms with Crippen LogP contribution in [0, 0.1) is 0 Å². The van der Waals surface area contributed by atoms with Crippen LogP contribution in [-0.4, -0.2) is 30.6 Å². The monoisotopic (exact) mass is 346 g/mol. The molecule has 0 bridgehead atoms. The highest BCUT2D eigenvalue weighted by Crippen LogP contribution is 2.14. The molecule has 0 saturated carbocycles. The first-order valence-electron chi connectivity index (χ1n) is 7.95. The molecule has 1 N–H and O–H groups in total. The van der Waals surface area contributed by atoms with Gasteiger partial charge in [-0.1, -0.05) is 24.3 Å². The third-order valence-corrected chi connectivity index (χ3v) is 4.10. The number of benzene rings is 2. The molecule has 0 aliphatic carbocycles. The van der Waals surface area contributed by atoms with Gasteiger partial charge in [0.15, 0.2) is 0 Å². The van der Waals surface area contributed by atoms with Crippen LogP contribution in [0.2, 0.25) is 0 Å². The Labute approximate surface area is 147 Å². The van der Waals surface area contributed by atoms with Crippen LogP contribution < -0.4 is 5.43 Å². The van der Waals surface area contributed by atoms with Crippen LogP contribution in [0.5, 0.6) is 0 Å². The van der Waals surface area contributed by atoms with Crippen molar-refractivity contribution in [1.82, 2.24) is 19.6 Å². The van der Waals surface area contributed by atoms with E-state index >= 15 is 0 Å². The van der Waals surface area contributed by atoms with E-state index in [0.717, 1.165) is 11.3 Å². The molecule has 0 aliphatic rings. The second-order valence-electron chi connectivity index (χ2n) is 5.77. The highest BCUT2D eigenvalue weighted by molar-refractivity contribution is 5.90. The molecule has 0 spiro atoms. The average molecular weight is 346 g/mol. The van der Waals surface area contributed by atoms with Gasteiger partial charge in [0.2, 0.25) is 11.1 Å². The summed E-state index contributed by atoms with van der Waals surface area (Å²) in [5.41, 5.74) is 1.40. The molecule has 128 valence electrons. The van der Waals surface area contributed by atoms with E-state index in [1.807, 2.05) is 36.5 Å². The van der Waals surface area contributed by atoms with Crippen molar-refractivity contribution in [3.05, 3.63) is 88.5 Å². The smallest absolute Gasteiger partial charge is 0.360 e. The van der Waals surface area contributed by atoms with E-state index in [-0.39, 0.29) is 0 Å². The Kier molecular flexibility index (Phi) is 3.81. The zero-order valence-electron chi connectivity index (χ0n) is 13.6. The molecule has 0 amide bonds. The second-order valence-corrected chi connectivity index (χ2v) is 5.77. The molecule has 26 heavy (non-hydrogen) atoms. The minimum atomic E-state index is -1.33. The number of hydrogen-bond donors (Lipinski definition) is 1. The van der Waals surface area contributed by atoms with Gasteiger partial charge in [0.25, 0.3) is 0 Å². The highest BCUT2D eigenvalue weighted by atomic mass is 16.4. The summed E-state index contributed by atoms with van der Waals surface area (Å²) in [5, 5.41) is 17.8. The van der Waals surface area contributed by atoms with Crippen molar-refractivity contribution < 1.29 is 9.90 Å². The van der Waals surface area contributed by atoms with Crippen LogP contribution in [0.1, 0.15) is 16.1 Å². The van der Waals surface area contributed by atoms with E-state index in [4.69, 9.17) is 0 Å². The van der Waals surface area contributed by atoms with Gasteiger partial charge in [-0.25, -0.2) is 9.48 Å². The van der Waals surface area contributed by atoms with Gasteiger partial charge in [0.1, 0.15) is 0 Å². The van der Waals surface area contributed by atoms with Crippen LogP contribution in [0.15, 0.2) is 71.8 Å². The Morgan fingerprint density at radius 2 is 1.81 bits per heavy atom. The summed E-state index contributed by atoms with van der Waals surface area (Å²) in [7, 11) is 0. The number of rotatable bonds is 4. The Bertz CT molecular complexity index is 1150. The van der Waals surface area contributed by atoms with Crippen LogP contribution in [-0.2, 0) is 6.54 Å². The number of aromatic nitrogens is 4. The predicted octanol–water partition coefficient (Wildman–Crippen LogP) is 2.33. The first-order valence-corrected chi connectivity index (χ1v) is 7.95.